The molecule has 1 unspecified atom stereocenters. The monoisotopic (exact) mass is 314 g/mol. The average Bonchev–Trinajstić information content (AvgIpc) is 2.44. The molecule has 1 aromatic carbocycles. The lowest BCUT2D eigenvalue weighted by Crippen LogP contribution is -2.40. The molecule has 114 valence electrons. The third-order valence-electron chi connectivity index (χ3n) is 3.33. The van der Waals surface area contributed by atoms with Crippen molar-refractivity contribution in [2.75, 3.05) is 6.54 Å². The van der Waals surface area contributed by atoms with E-state index in [2.05, 4.69) is 4.72 Å². The predicted molar refractivity (Wildman–Crippen MR) is 72.3 cm³/mol. The van der Waals surface area contributed by atoms with Crippen LogP contribution in [0.15, 0.2) is 23.1 Å². The van der Waals surface area contributed by atoms with Gasteiger partial charge in [0.15, 0.2) is 0 Å². The van der Waals surface area contributed by atoms with E-state index >= 15 is 0 Å². The first kappa shape index (κ1) is 17.1. The van der Waals surface area contributed by atoms with E-state index in [9.17, 15) is 17.6 Å². The predicted octanol–water partition coefficient (Wildman–Crippen LogP) is 1.48. The second kappa shape index (κ2) is 6.20. The average molecular weight is 314 g/mol. The molecule has 8 heteroatoms. The van der Waals surface area contributed by atoms with Gasteiger partial charge < -0.3 is 5.11 Å². The quantitative estimate of drug-likeness (QED) is 0.827. The van der Waals surface area contributed by atoms with Crippen molar-refractivity contribution in [1.29, 1.82) is 5.26 Å². The Morgan fingerprint density at radius 3 is 2.62 bits per heavy atom. The summed E-state index contributed by atoms with van der Waals surface area (Å²) in [6.07, 6.45) is 0.207. The van der Waals surface area contributed by atoms with Crippen molar-refractivity contribution in [1.82, 2.24) is 4.72 Å². The van der Waals surface area contributed by atoms with Crippen LogP contribution in [0.4, 0.5) is 4.39 Å². The van der Waals surface area contributed by atoms with Gasteiger partial charge in [-0.15, -0.1) is 0 Å². The first-order valence-corrected chi connectivity index (χ1v) is 7.58. The number of carbonyl (C=O) groups is 1. The Balaban J connectivity index is 3.13. The van der Waals surface area contributed by atoms with Gasteiger partial charge in [0.1, 0.15) is 22.3 Å². The fourth-order valence-electron chi connectivity index (χ4n) is 1.52. The lowest BCUT2D eigenvalue weighted by atomic mass is 9.88. The molecule has 2 N–H and O–H groups in total. The number of carboxylic acid groups (broad SMARTS) is 1. The summed E-state index contributed by atoms with van der Waals surface area (Å²) < 4.78 is 39.8. The third-order valence-corrected chi connectivity index (χ3v) is 4.77. The number of nitrogens with zero attached hydrogens (tertiary/aromatic N) is 1. The molecule has 1 atom stereocenters. The Morgan fingerprint density at radius 1 is 1.52 bits per heavy atom. The van der Waals surface area contributed by atoms with Crippen molar-refractivity contribution in [3.8, 4) is 6.07 Å². The summed E-state index contributed by atoms with van der Waals surface area (Å²) in [5.41, 5.74) is -1.88. The van der Waals surface area contributed by atoms with Gasteiger partial charge in [0.25, 0.3) is 0 Å². The molecule has 0 aliphatic carbocycles. The number of benzene rings is 1. The zero-order valence-electron chi connectivity index (χ0n) is 11.6. The molecule has 0 aliphatic heterocycles. The molecule has 1 rings (SSSR count). The van der Waals surface area contributed by atoms with Gasteiger partial charge in [0, 0.05) is 6.54 Å². The van der Waals surface area contributed by atoms with Crippen LogP contribution in [0.1, 0.15) is 25.8 Å². The van der Waals surface area contributed by atoms with Crippen molar-refractivity contribution in [2.24, 2.45) is 5.41 Å². The van der Waals surface area contributed by atoms with Crippen molar-refractivity contribution in [3.05, 3.63) is 29.6 Å². The Hall–Kier alpha value is -1.98. The Kier molecular flexibility index (Phi) is 5.04. The smallest absolute Gasteiger partial charge is 0.310 e. The molecule has 6 nitrogen and oxygen atoms in total. The lowest BCUT2D eigenvalue weighted by Gasteiger charge is -2.23. The van der Waals surface area contributed by atoms with Gasteiger partial charge >= 0.3 is 5.97 Å². The Bertz CT molecular complexity index is 697. The van der Waals surface area contributed by atoms with Crippen molar-refractivity contribution in [3.63, 3.8) is 0 Å². The van der Waals surface area contributed by atoms with Gasteiger partial charge in [-0.3, -0.25) is 4.79 Å². The molecule has 0 amide bonds. The van der Waals surface area contributed by atoms with Crippen molar-refractivity contribution in [2.45, 2.75) is 25.2 Å². The molecule has 21 heavy (non-hydrogen) atoms. The van der Waals surface area contributed by atoms with Crippen LogP contribution in [0, 0.1) is 22.6 Å². The second-order valence-electron chi connectivity index (χ2n) is 4.77. The van der Waals surface area contributed by atoms with E-state index in [4.69, 9.17) is 10.4 Å². The number of hydrogen-bond acceptors (Lipinski definition) is 4. The largest absolute Gasteiger partial charge is 0.481 e. The number of sulfonamides is 1. The highest BCUT2D eigenvalue weighted by Gasteiger charge is 2.33. The topological polar surface area (TPSA) is 107 Å². The normalized spacial score (nSPS) is 14.2. The summed E-state index contributed by atoms with van der Waals surface area (Å²) in [6.45, 7) is 2.66. The molecular formula is C13H15FN2O4S. The summed E-state index contributed by atoms with van der Waals surface area (Å²) in [4.78, 5) is 10.6. The molecule has 0 saturated heterocycles. The van der Waals surface area contributed by atoms with Crippen LogP contribution in [0.3, 0.4) is 0 Å². The molecule has 0 saturated carbocycles. The highest BCUT2D eigenvalue weighted by molar-refractivity contribution is 7.89. The standard InChI is InChI=1S/C13H15FN2O4S/c1-3-13(2,12(17)18)8-16-21(19,20)11-6-4-5-10(14)9(11)7-15/h4-6,16H,3,8H2,1-2H3,(H,17,18). The number of halogens is 1. The Labute approximate surface area is 122 Å². The van der Waals surface area contributed by atoms with Gasteiger partial charge in [-0.05, 0) is 25.5 Å². The van der Waals surface area contributed by atoms with E-state index < -0.39 is 37.7 Å². The second-order valence-corrected chi connectivity index (χ2v) is 6.50. The van der Waals surface area contributed by atoms with E-state index in [1.807, 2.05) is 0 Å². The summed E-state index contributed by atoms with van der Waals surface area (Å²) in [6, 6.07) is 4.73. The number of nitriles is 1. The fourth-order valence-corrected chi connectivity index (χ4v) is 2.85. The summed E-state index contributed by atoms with van der Waals surface area (Å²) >= 11 is 0. The SMILES string of the molecule is CCC(C)(CNS(=O)(=O)c1cccc(F)c1C#N)C(=O)O. The molecule has 0 bridgehead atoms. The first-order valence-electron chi connectivity index (χ1n) is 6.09. The Morgan fingerprint density at radius 2 is 2.14 bits per heavy atom. The maximum absolute atomic E-state index is 13.4. The third kappa shape index (κ3) is 3.56. The molecule has 1 aromatic rings. The molecule has 0 radical (unpaired) electrons. The first-order chi connectivity index (χ1) is 9.68. The molecule has 0 spiro atoms. The van der Waals surface area contributed by atoms with E-state index in [0.29, 0.717) is 0 Å². The van der Waals surface area contributed by atoms with E-state index in [1.165, 1.54) is 19.1 Å². The van der Waals surface area contributed by atoms with Gasteiger partial charge in [-0.2, -0.15) is 5.26 Å². The number of hydrogen-bond donors (Lipinski definition) is 2. The molecule has 0 heterocycles. The number of aliphatic carboxylic acids is 1. The maximum Gasteiger partial charge on any atom is 0.310 e. The van der Waals surface area contributed by atoms with Crippen LogP contribution in [-0.2, 0) is 14.8 Å². The van der Waals surface area contributed by atoms with Crippen LogP contribution in [-0.4, -0.2) is 26.0 Å². The van der Waals surface area contributed by atoms with Crippen LogP contribution in [0.2, 0.25) is 0 Å². The zero-order chi connectivity index (χ0) is 16.3. The molecule has 0 fully saturated rings. The summed E-state index contributed by atoms with van der Waals surface area (Å²) in [5.74, 6) is -2.09. The van der Waals surface area contributed by atoms with Crippen molar-refractivity contribution >= 4 is 16.0 Å². The van der Waals surface area contributed by atoms with Crippen molar-refractivity contribution < 1.29 is 22.7 Å². The van der Waals surface area contributed by atoms with Gasteiger partial charge in [-0.1, -0.05) is 13.0 Å². The van der Waals surface area contributed by atoms with Crippen LogP contribution in [0.5, 0.6) is 0 Å². The van der Waals surface area contributed by atoms with E-state index in [1.54, 1.807) is 6.92 Å². The van der Waals surface area contributed by atoms with Crippen LogP contribution >= 0.6 is 0 Å². The molecular weight excluding hydrogens is 299 g/mol. The molecule has 0 aliphatic rings. The van der Waals surface area contributed by atoms with Gasteiger partial charge in [0.05, 0.1) is 5.41 Å². The van der Waals surface area contributed by atoms with Crippen LogP contribution in [0.25, 0.3) is 0 Å². The summed E-state index contributed by atoms with van der Waals surface area (Å²) in [7, 11) is -4.18. The minimum atomic E-state index is -4.18. The highest BCUT2D eigenvalue weighted by Crippen LogP contribution is 2.22. The summed E-state index contributed by atoms with van der Waals surface area (Å²) in [5, 5.41) is 17.9. The van der Waals surface area contributed by atoms with Gasteiger partial charge in [0.2, 0.25) is 10.0 Å². The minimum Gasteiger partial charge on any atom is -0.481 e. The fraction of sp³-hybridized carbons (Fsp3) is 0.385. The minimum absolute atomic E-state index is 0.207. The van der Waals surface area contributed by atoms with E-state index in [0.717, 1.165) is 12.1 Å². The number of nitrogens with one attached hydrogen (secondary N) is 1. The van der Waals surface area contributed by atoms with Crippen LogP contribution < -0.4 is 4.72 Å². The maximum atomic E-state index is 13.4. The van der Waals surface area contributed by atoms with E-state index in [-0.39, 0.29) is 13.0 Å². The van der Waals surface area contributed by atoms with Gasteiger partial charge in [-0.25, -0.2) is 17.5 Å². The lowest BCUT2D eigenvalue weighted by molar-refractivity contribution is -0.147. The zero-order valence-corrected chi connectivity index (χ0v) is 12.4. The number of carboxylic acids is 1. The molecule has 0 aromatic heterocycles. The number of rotatable bonds is 6. The highest BCUT2D eigenvalue weighted by atomic mass is 32.2.